The maximum absolute atomic E-state index is 11.8. The van der Waals surface area contributed by atoms with Crippen molar-refractivity contribution in [1.82, 2.24) is 4.98 Å². The lowest BCUT2D eigenvalue weighted by molar-refractivity contribution is -0.113. The van der Waals surface area contributed by atoms with E-state index < -0.39 is 0 Å². The van der Waals surface area contributed by atoms with E-state index in [-0.39, 0.29) is 11.1 Å². The van der Waals surface area contributed by atoms with E-state index in [0.717, 1.165) is 39.9 Å². The minimum absolute atomic E-state index is 0.269. The number of hydrogen-bond donors (Lipinski definition) is 1. The summed E-state index contributed by atoms with van der Waals surface area (Å²) in [5, 5.41) is 1.15. The Labute approximate surface area is 172 Å². The van der Waals surface area contributed by atoms with Crippen molar-refractivity contribution in [2.24, 2.45) is 10.7 Å². The zero-order chi connectivity index (χ0) is 20.2. The van der Waals surface area contributed by atoms with Crippen LogP contribution in [0.1, 0.15) is 11.1 Å². The first-order chi connectivity index (χ1) is 14.1. The highest BCUT2D eigenvalue weighted by molar-refractivity contribution is 8.18. The molecule has 4 rings (SSSR count). The number of amidine groups is 1. The summed E-state index contributed by atoms with van der Waals surface area (Å²) in [6.07, 6.45) is 4.27. The van der Waals surface area contributed by atoms with Gasteiger partial charge in [-0.15, -0.1) is 0 Å². The monoisotopic (exact) mass is 405 g/mol. The van der Waals surface area contributed by atoms with Crippen molar-refractivity contribution in [1.29, 1.82) is 0 Å². The number of aromatic nitrogens is 1. The minimum atomic E-state index is -0.312. The van der Waals surface area contributed by atoms with Gasteiger partial charge in [0.25, 0.3) is 5.91 Å². The summed E-state index contributed by atoms with van der Waals surface area (Å²) in [4.78, 5) is 20.5. The Morgan fingerprint density at radius 2 is 2.07 bits per heavy atom. The first-order valence-corrected chi connectivity index (χ1v) is 9.86. The molecule has 29 heavy (non-hydrogen) atoms. The van der Waals surface area contributed by atoms with Gasteiger partial charge in [-0.3, -0.25) is 9.78 Å². The van der Waals surface area contributed by atoms with Crippen LogP contribution in [-0.2, 0) is 11.2 Å². The number of rotatable bonds is 6. The van der Waals surface area contributed by atoms with Crippen LogP contribution in [-0.4, -0.2) is 29.8 Å². The Morgan fingerprint density at radius 3 is 2.86 bits per heavy atom. The quantitative estimate of drug-likeness (QED) is 0.628. The summed E-state index contributed by atoms with van der Waals surface area (Å²) in [6.45, 7) is 0.524. The number of pyridine rings is 1. The molecule has 0 bridgehead atoms. The van der Waals surface area contributed by atoms with Crippen LogP contribution in [0, 0.1) is 0 Å². The summed E-state index contributed by atoms with van der Waals surface area (Å²) in [5.74, 6) is 1.27. The Kier molecular flexibility index (Phi) is 5.48. The first-order valence-electron chi connectivity index (χ1n) is 9.05. The lowest BCUT2D eigenvalue weighted by atomic mass is 10.1. The fourth-order valence-electron chi connectivity index (χ4n) is 3.04. The summed E-state index contributed by atoms with van der Waals surface area (Å²) >= 11 is 1.17. The van der Waals surface area contributed by atoms with Crippen LogP contribution >= 0.6 is 11.8 Å². The van der Waals surface area contributed by atoms with Crippen LogP contribution in [0.2, 0.25) is 0 Å². The molecule has 0 fully saturated rings. The highest BCUT2D eigenvalue weighted by Crippen LogP contribution is 2.29. The molecule has 1 aliphatic rings. The molecule has 0 atom stereocenters. The van der Waals surface area contributed by atoms with Gasteiger partial charge in [-0.25, -0.2) is 0 Å². The summed E-state index contributed by atoms with van der Waals surface area (Å²) in [6, 6.07) is 15.6. The molecule has 1 aliphatic heterocycles. The third-order valence-electron chi connectivity index (χ3n) is 4.44. The van der Waals surface area contributed by atoms with Gasteiger partial charge in [0.1, 0.15) is 11.5 Å². The van der Waals surface area contributed by atoms with Crippen molar-refractivity contribution in [3.63, 3.8) is 0 Å². The number of benzene rings is 2. The number of nitrogens with zero attached hydrogens (tertiary/aromatic N) is 2. The second-order valence-corrected chi connectivity index (χ2v) is 7.46. The predicted octanol–water partition coefficient (Wildman–Crippen LogP) is 3.79. The molecule has 0 saturated carbocycles. The van der Waals surface area contributed by atoms with Crippen LogP contribution in [0.15, 0.2) is 64.6 Å². The van der Waals surface area contributed by atoms with Gasteiger partial charge in [-0.05, 0) is 59.3 Å². The van der Waals surface area contributed by atoms with Gasteiger partial charge >= 0.3 is 0 Å². The molecule has 0 spiro atoms. The van der Waals surface area contributed by atoms with Crippen molar-refractivity contribution < 1.29 is 14.3 Å². The van der Waals surface area contributed by atoms with Crippen molar-refractivity contribution in [3.05, 3.63) is 70.8 Å². The largest absolute Gasteiger partial charge is 0.497 e. The number of thioether (sulfide) groups is 1. The van der Waals surface area contributed by atoms with Crippen LogP contribution in [0.4, 0.5) is 0 Å². The molecule has 1 aromatic heterocycles. The molecule has 7 heteroatoms. The standard InChI is InChI=1S/C22H19N3O3S/c1-27-16-4-2-3-14(11-16)8-10-28-19-7-9-24-18-6-5-15(12-17(18)19)13-20-21(26)25-22(23)29-20/h2-7,9,11-13H,8,10H2,1H3,(H2,23,25,26)/b20-13+. The molecule has 6 nitrogen and oxygen atoms in total. The molecule has 0 radical (unpaired) electrons. The Hall–Kier alpha value is -3.32. The van der Waals surface area contributed by atoms with E-state index >= 15 is 0 Å². The van der Waals surface area contributed by atoms with Crippen molar-refractivity contribution in [3.8, 4) is 11.5 Å². The van der Waals surface area contributed by atoms with Crippen molar-refractivity contribution in [2.75, 3.05) is 13.7 Å². The zero-order valence-electron chi connectivity index (χ0n) is 15.8. The topological polar surface area (TPSA) is 86.8 Å². The molecule has 0 unspecified atom stereocenters. The average Bonchev–Trinajstić information content (AvgIpc) is 3.05. The van der Waals surface area contributed by atoms with E-state index in [1.165, 1.54) is 11.8 Å². The molecule has 146 valence electrons. The molecule has 1 amide bonds. The smallest absolute Gasteiger partial charge is 0.286 e. The van der Waals surface area contributed by atoms with E-state index in [1.807, 2.05) is 48.5 Å². The van der Waals surface area contributed by atoms with E-state index in [0.29, 0.717) is 11.5 Å². The number of aliphatic imine (C=N–C) groups is 1. The second-order valence-electron chi connectivity index (χ2n) is 6.40. The Bertz CT molecular complexity index is 1140. The molecule has 2 aromatic carbocycles. The Morgan fingerprint density at radius 1 is 1.17 bits per heavy atom. The lowest BCUT2D eigenvalue weighted by Crippen LogP contribution is -2.02. The highest BCUT2D eigenvalue weighted by Gasteiger charge is 2.19. The van der Waals surface area contributed by atoms with Crippen molar-refractivity contribution >= 4 is 39.8 Å². The summed E-state index contributed by atoms with van der Waals surface area (Å²) in [7, 11) is 1.66. The van der Waals surface area contributed by atoms with Gasteiger partial charge in [-0.2, -0.15) is 4.99 Å². The number of fused-ring (bicyclic) bond motifs is 1. The average molecular weight is 405 g/mol. The Balaban J connectivity index is 1.53. The van der Waals surface area contributed by atoms with E-state index in [9.17, 15) is 4.79 Å². The minimum Gasteiger partial charge on any atom is -0.497 e. The van der Waals surface area contributed by atoms with Gasteiger partial charge in [0.05, 0.1) is 24.1 Å². The second kappa shape index (κ2) is 8.36. The van der Waals surface area contributed by atoms with E-state index in [4.69, 9.17) is 15.2 Å². The summed E-state index contributed by atoms with van der Waals surface area (Å²) < 4.78 is 11.3. The van der Waals surface area contributed by atoms with Gasteiger partial charge in [0.15, 0.2) is 5.17 Å². The third-order valence-corrected chi connectivity index (χ3v) is 5.26. The summed E-state index contributed by atoms with van der Waals surface area (Å²) in [5.41, 5.74) is 8.45. The molecule has 2 N–H and O–H groups in total. The van der Waals surface area contributed by atoms with E-state index in [1.54, 1.807) is 19.4 Å². The van der Waals surface area contributed by atoms with Gasteiger partial charge < -0.3 is 15.2 Å². The van der Waals surface area contributed by atoms with Crippen molar-refractivity contribution in [2.45, 2.75) is 6.42 Å². The van der Waals surface area contributed by atoms with E-state index in [2.05, 4.69) is 9.98 Å². The van der Waals surface area contributed by atoms with Crippen LogP contribution in [0.5, 0.6) is 11.5 Å². The molecular formula is C22H19N3O3S. The first kappa shape index (κ1) is 19.0. The zero-order valence-corrected chi connectivity index (χ0v) is 16.6. The van der Waals surface area contributed by atoms with Gasteiger partial charge in [-0.1, -0.05) is 18.2 Å². The predicted molar refractivity (Wildman–Crippen MR) is 116 cm³/mol. The molecule has 0 saturated heterocycles. The fraction of sp³-hybridized carbons (Fsp3) is 0.136. The van der Waals surface area contributed by atoms with Crippen LogP contribution in [0.3, 0.4) is 0 Å². The molecular weight excluding hydrogens is 386 g/mol. The number of hydrogen-bond acceptors (Lipinski definition) is 6. The highest BCUT2D eigenvalue weighted by atomic mass is 32.2. The number of methoxy groups -OCH3 is 1. The fourth-order valence-corrected chi connectivity index (χ4v) is 3.72. The van der Waals surface area contributed by atoms with Crippen LogP contribution < -0.4 is 15.2 Å². The van der Waals surface area contributed by atoms with Gasteiger partial charge in [0.2, 0.25) is 0 Å². The number of amides is 1. The lowest BCUT2D eigenvalue weighted by Gasteiger charge is -2.10. The molecule has 2 heterocycles. The van der Waals surface area contributed by atoms with Crippen LogP contribution in [0.25, 0.3) is 17.0 Å². The SMILES string of the molecule is COc1cccc(CCOc2ccnc3ccc(/C=C4/SC(N)=NC4=O)cc23)c1. The third kappa shape index (κ3) is 4.41. The maximum Gasteiger partial charge on any atom is 0.286 e. The normalized spacial score (nSPS) is 15.0. The molecule has 3 aromatic rings. The maximum atomic E-state index is 11.8. The van der Waals surface area contributed by atoms with Gasteiger partial charge in [0, 0.05) is 18.0 Å². The molecule has 0 aliphatic carbocycles. The number of nitrogens with two attached hydrogens (primary N) is 1. The number of ether oxygens (including phenoxy) is 2. The number of carbonyl (C=O) groups is 1. The number of carbonyl (C=O) groups excluding carboxylic acids is 1.